The number of carbonyl (C=O) groups excluding carboxylic acids is 1. The van der Waals surface area contributed by atoms with Crippen molar-refractivity contribution in [1.29, 1.82) is 5.26 Å². The summed E-state index contributed by atoms with van der Waals surface area (Å²) in [5.74, 6) is -0.187. The summed E-state index contributed by atoms with van der Waals surface area (Å²) in [5, 5.41) is 8.92. The number of ketones is 1. The molecule has 1 aromatic carbocycles. The van der Waals surface area contributed by atoms with Gasteiger partial charge in [-0.1, -0.05) is 15.9 Å². The lowest BCUT2D eigenvalue weighted by Gasteiger charge is -2.05. The van der Waals surface area contributed by atoms with Crippen LogP contribution < -0.4 is 11.5 Å². The van der Waals surface area contributed by atoms with Crippen LogP contribution in [0, 0.1) is 11.3 Å². The minimum atomic E-state index is -0.187. The van der Waals surface area contributed by atoms with E-state index in [1.54, 1.807) is 0 Å². The lowest BCUT2D eigenvalue weighted by molar-refractivity contribution is 0.102. The molecule has 0 aliphatic rings. The van der Waals surface area contributed by atoms with Gasteiger partial charge in [0, 0.05) is 5.56 Å². The Hall–Kier alpha value is -1.54. The monoisotopic (exact) mass is 253 g/mol. The molecular formula is C9H8BrN3O. The Morgan fingerprint density at radius 3 is 2.50 bits per heavy atom. The molecule has 4 N–H and O–H groups in total. The Kier molecular flexibility index (Phi) is 3.10. The first-order valence-corrected chi connectivity index (χ1v) is 4.90. The molecule has 0 saturated carbocycles. The van der Waals surface area contributed by atoms with Gasteiger partial charge in [0.25, 0.3) is 0 Å². The highest BCUT2D eigenvalue weighted by Gasteiger charge is 2.12. The molecule has 0 atom stereocenters. The van der Waals surface area contributed by atoms with Gasteiger partial charge in [0.2, 0.25) is 0 Å². The van der Waals surface area contributed by atoms with E-state index in [1.165, 1.54) is 12.1 Å². The zero-order chi connectivity index (χ0) is 10.7. The number of rotatable bonds is 2. The molecule has 72 valence electrons. The van der Waals surface area contributed by atoms with Gasteiger partial charge >= 0.3 is 0 Å². The van der Waals surface area contributed by atoms with E-state index in [9.17, 15) is 4.79 Å². The third kappa shape index (κ3) is 1.86. The van der Waals surface area contributed by atoms with Gasteiger partial charge in [-0.15, -0.1) is 0 Å². The number of carbonyl (C=O) groups is 1. The summed E-state index contributed by atoms with van der Waals surface area (Å²) in [6.45, 7) is 0. The second-order valence-electron chi connectivity index (χ2n) is 2.70. The number of nitrogens with zero attached hydrogens (tertiary/aromatic N) is 1. The number of nitrogens with two attached hydrogens (primary N) is 2. The van der Waals surface area contributed by atoms with E-state index in [2.05, 4.69) is 15.9 Å². The van der Waals surface area contributed by atoms with Crippen LogP contribution >= 0.6 is 15.9 Å². The normalized spacial score (nSPS) is 9.43. The summed E-state index contributed by atoms with van der Waals surface area (Å²) in [5.41, 5.74) is 12.2. The molecular weight excluding hydrogens is 246 g/mol. The summed E-state index contributed by atoms with van der Waals surface area (Å²) in [6, 6.07) is 4.74. The highest BCUT2D eigenvalue weighted by molar-refractivity contribution is 9.09. The first-order valence-electron chi connectivity index (χ1n) is 3.78. The summed E-state index contributed by atoms with van der Waals surface area (Å²) >= 11 is 3.03. The van der Waals surface area contributed by atoms with Gasteiger partial charge in [-0.25, -0.2) is 0 Å². The number of Topliss-reactive ketones (excluding diaryl/α,β-unsaturated/α-hetero) is 1. The van der Waals surface area contributed by atoms with Crippen LogP contribution in [-0.4, -0.2) is 11.1 Å². The lowest BCUT2D eigenvalue weighted by atomic mass is 10.0. The Morgan fingerprint density at radius 2 is 2.00 bits per heavy atom. The average Bonchev–Trinajstić information content (AvgIpc) is 2.20. The van der Waals surface area contributed by atoms with E-state index < -0.39 is 0 Å². The van der Waals surface area contributed by atoms with Gasteiger partial charge in [0.15, 0.2) is 5.78 Å². The van der Waals surface area contributed by atoms with Gasteiger partial charge in [-0.05, 0) is 12.1 Å². The zero-order valence-electron chi connectivity index (χ0n) is 7.25. The second kappa shape index (κ2) is 4.11. The molecule has 0 aliphatic heterocycles. The highest BCUT2D eigenvalue weighted by atomic mass is 79.9. The molecule has 0 bridgehead atoms. The molecule has 0 fully saturated rings. The number of benzene rings is 1. The Morgan fingerprint density at radius 1 is 1.43 bits per heavy atom. The van der Waals surface area contributed by atoms with Crippen molar-refractivity contribution in [2.24, 2.45) is 0 Å². The summed E-state index contributed by atoms with van der Waals surface area (Å²) in [7, 11) is 0. The lowest BCUT2D eigenvalue weighted by Crippen LogP contribution is -2.06. The molecule has 1 rings (SSSR count). The van der Waals surface area contributed by atoms with E-state index in [0.717, 1.165) is 0 Å². The number of hydrogen-bond acceptors (Lipinski definition) is 4. The number of alkyl halides is 1. The van der Waals surface area contributed by atoms with Crippen LogP contribution in [0.15, 0.2) is 12.1 Å². The van der Waals surface area contributed by atoms with E-state index in [0.29, 0.717) is 16.9 Å². The quantitative estimate of drug-likeness (QED) is 0.472. The standard InChI is InChI=1S/C9H8BrN3O/c10-3-9(14)6-2-8(13)7(12)1-5(6)4-11/h1-2H,3,12-13H2. The van der Waals surface area contributed by atoms with Gasteiger partial charge in [0.05, 0.1) is 28.3 Å². The number of anilines is 2. The maximum absolute atomic E-state index is 11.4. The molecule has 0 aromatic heterocycles. The molecule has 0 heterocycles. The Bertz CT molecular complexity index is 423. The van der Waals surface area contributed by atoms with Crippen molar-refractivity contribution in [3.8, 4) is 6.07 Å². The van der Waals surface area contributed by atoms with Crippen molar-refractivity contribution in [1.82, 2.24) is 0 Å². The molecule has 4 nitrogen and oxygen atoms in total. The number of halogens is 1. The van der Waals surface area contributed by atoms with Crippen molar-refractivity contribution in [2.45, 2.75) is 0 Å². The van der Waals surface area contributed by atoms with Crippen molar-refractivity contribution >= 4 is 33.1 Å². The molecule has 0 saturated heterocycles. The summed E-state index contributed by atoms with van der Waals surface area (Å²) < 4.78 is 0. The minimum Gasteiger partial charge on any atom is -0.397 e. The first kappa shape index (κ1) is 10.5. The molecule has 0 spiro atoms. The zero-order valence-corrected chi connectivity index (χ0v) is 8.84. The number of nitrogen functional groups attached to an aromatic ring is 2. The second-order valence-corrected chi connectivity index (χ2v) is 3.26. The fourth-order valence-electron chi connectivity index (χ4n) is 1.03. The predicted octanol–water partition coefficient (Wildman–Crippen LogP) is 1.30. The molecule has 0 unspecified atom stereocenters. The third-order valence-corrected chi connectivity index (χ3v) is 2.27. The predicted molar refractivity (Wildman–Crippen MR) is 58.1 cm³/mol. The van der Waals surface area contributed by atoms with E-state index in [1.807, 2.05) is 6.07 Å². The van der Waals surface area contributed by atoms with E-state index in [4.69, 9.17) is 16.7 Å². The number of hydrogen-bond donors (Lipinski definition) is 2. The van der Waals surface area contributed by atoms with Crippen LogP contribution in [0.25, 0.3) is 0 Å². The highest BCUT2D eigenvalue weighted by Crippen LogP contribution is 2.21. The molecule has 5 heteroatoms. The summed E-state index contributed by atoms with van der Waals surface area (Å²) in [4.78, 5) is 11.4. The molecule has 1 aromatic rings. The van der Waals surface area contributed by atoms with Crippen molar-refractivity contribution < 1.29 is 4.79 Å². The van der Waals surface area contributed by atoms with Gasteiger partial charge in [-0.3, -0.25) is 4.79 Å². The molecule has 0 aliphatic carbocycles. The molecule has 0 radical (unpaired) electrons. The average molecular weight is 254 g/mol. The fraction of sp³-hybridized carbons (Fsp3) is 0.111. The maximum Gasteiger partial charge on any atom is 0.174 e. The molecule has 14 heavy (non-hydrogen) atoms. The van der Waals surface area contributed by atoms with Gasteiger partial charge < -0.3 is 11.5 Å². The topological polar surface area (TPSA) is 92.9 Å². The van der Waals surface area contributed by atoms with Gasteiger partial charge in [0.1, 0.15) is 0 Å². The van der Waals surface area contributed by atoms with Crippen molar-refractivity contribution in [3.05, 3.63) is 23.3 Å². The Balaban J connectivity index is 3.36. The first-order chi connectivity index (χ1) is 6.60. The van der Waals surface area contributed by atoms with E-state index >= 15 is 0 Å². The van der Waals surface area contributed by atoms with Crippen LogP contribution in [0.2, 0.25) is 0 Å². The third-order valence-electron chi connectivity index (χ3n) is 1.77. The maximum atomic E-state index is 11.4. The minimum absolute atomic E-state index is 0.158. The summed E-state index contributed by atoms with van der Waals surface area (Å²) in [6.07, 6.45) is 0. The van der Waals surface area contributed by atoms with Crippen LogP contribution in [0.3, 0.4) is 0 Å². The van der Waals surface area contributed by atoms with Crippen LogP contribution in [0.1, 0.15) is 15.9 Å². The van der Waals surface area contributed by atoms with Crippen LogP contribution in [-0.2, 0) is 0 Å². The smallest absolute Gasteiger partial charge is 0.174 e. The van der Waals surface area contributed by atoms with Crippen LogP contribution in [0.5, 0.6) is 0 Å². The van der Waals surface area contributed by atoms with E-state index in [-0.39, 0.29) is 16.7 Å². The van der Waals surface area contributed by atoms with Crippen LogP contribution in [0.4, 0.5) is 11.4 Å². The largest absolute Gasteiger partial charge is 0.397 e. The van der Waals surface area contributed by atoms with Crippen molar-refractivity contribution in [3.63, 3.8) is 0 Å². The van der Waals surface area contributed by atoms with Gasteiger partial charge in [-0.2, -0.15) is 5.26 Å². The Labute approximate surface area is 89.6 Å². The molecule has 0 amide bonds. The number of nitriles is 1. The SMILES string of the molecule is N#Cc1cc(N)c(N)cc1C(=O)CBr. The van der Waals surface area contributed by atoms with Crippen molar-refractivity contribution in [2.75, 3.05) is 16.8 Å². The fourth-order valence-corrected chi connectivity index (χ4v) is 1.33.